The molecule has 1 aliphatic heterocycles. The maximum absolute atomic E-state index is 6.19. The Labute approximate surface area is 144 Å². The van der Waals surface area contributed by atoms with Crippen LogP contribution >= 0.6 is 20.1 Å². The number of rotatable bonds is 1. The summed E-state index contributed by atoms with van der Waals surface area (Å²) in [7, 11) is 4.73. The molecule has 1 aromatic rings. The Morgan fingerprint density at radius 1 is 1.05 bits per heavy atom. The molecule has 0 N–H and O–H groups in total. The molecule has 1 aliphatic carbocycles. The molecule has 4 heteroatoms. The fourth-order valence-electron chi connectivity index (χ4n) is 3.12. The van der Waals surface area contributed by atoms with Crippen LogP contribution in [0, 0.1) is 5.41 Å². The molecule has 0 fully saturated rings. The zero-order valence-electron chi connectivity index (χ0n) is 12.3. The molecule has 1 nitrogen and oxygen atoms in total. The second kappa shape index (κ2) is 5.63. The van der Waals surface area contributed by atoms with Crippen molar-refractivity contribution in [1.82, 2.24) is 0 Å². The van der Waals surface area contributed by atoms with E-state index >= 15 is 0 Å². The van der Waals surface area contributed by atoms with Gasteiger partial charge in [-0.1, -0.05) is 31.0 Å². The molecule has 0 aromatic heterocycles. The van der Waals surface area contributed by atoms with E-state index in [1.165, 1.54) is 27.9 Å². The van der Waals surface area contributed by atoms with Crippen molar-refractivity contribution in [2.24, 2.45) is 5.41 Å². The summed E-state index contributed by atoms with van der Waals surface area (Å²) in [6, 6.07) is 3.87. The van der Waals surface area contributed by atoms with Crippen molar-refractivity contribution in [2.45, 2.75) is 34.6 Å². The summed E-state index contributed by atoms with van der Waals surface area (Å²) in [5.41, 5.74) is 6.84. The monoisotopic (exact) mass is 385 g/mol. The third-order valence-electron chi connectivity index (χ3n) is 4.60. The SMILES string of the molecule is CC1=C(C)C(C)(C)C(c2c3ccc(Cl)c2O3)=C1C.[Cl][Zr]. The van der Waals surface area contributed by atoms with E-state index in [-0.39, 0.29) is 5.41 Å². The first kappa shape index (κ1) is 16.3. The number of hydrogen-bond acceptors (Lipinski definition) is 1. The quantitative estimate of drug-likeness (QED) is 0.559. The predicted molar refractivity (Wildman–Crippen MR) is 82.1 cm³/mol. The molecular weight excluding hydrogens is 370 g/mol. The van der Waals surface area contributed by atoms with E-state index in [1.54, 1.807) is 0 Å². The van der Waals surface area contributed by atoms with Gasteiger partial charge >= 0.3 is 32.0 Å². The molecule has 0 atom stereocenters. The van der Waals surface area contributed by atoms with E-state index in [1.807, 2.05) is 12.1 Å². The van der Waals surface area contributed by atoms with Gasteiger partial charge in [-0.25, -0.2) is 0 Å². The normalized spacial score (nSPS) is 18.3. The Bertz CT molecular complexity index is 642. The molecule has 20 heavy (non-hydrogen) atoms. The van der Waals surface area contributed by atoms with Crippen LogP contribution in [0.15, 0.2) is 28.9 Å². The zero-order chi connectivity index (χ0) is 15.2. The summed E-state index contributed by atoms with van der Waals surface area (Å²) in [6.45, 7) is 11.2. The number of halogens is 2. The molecule has 0 saturated heterocycles. The van der Waals surface area contributed by atoms with Crippen molar-refractivity contribution in [3.8, 4) is 11.5 Å². The summed E-state index contributed by atoms with van der Waals surface area (Å²) >= 11 is 7.21. The van der Waals surface area contributed by atoms with Crippen molar-refractivity contribution in [3.05, 3.63) is 39.4 Å². The van der Waals surface area contributed by atoms with Gasteiger partial charge in [-0.05, 0) is 49.6 Å². The predicted octanol–water partition coefficient (Wildman–Crippen LogP) is 6.28. The summed E-state index contributed by atoms with van der Waals surface area (Å²) in [4.78, 5) is 0. The van der Waals surface area contributed by atoms with Gasteiger partial charge in [0.15, 0.2) is 5.75 Å². The third kappa shape index (κ3) is 2.16. The second-order valence-electron chi connectivity index (χ2n) is 5.73. The first-order valence-electron chi connectivity index (χ1n) is 6.45. The van der Waals surface area contributed by atoms with Gasteiger partial charge in [-0.2, -0.15) is 0 Å². The van der Waals surface area contributed by atoms with Crippen LogP contribution in [0.25, 0.3) is 5.57 Å². The van der Waals surface area contributed by atoms with Gasteiger partial charge in [0.2, 0.25) is 0 Å². The van der Waals surface area contributed by atoms with Crippen LogP contribution in [-0.2, 0) is 23.5 Å². The van der Waals surface area contributed by atoms with Crippen LogP contribution in [0.3, 0.4) is 0 Å². The molecule has 0 radical (unpaired) electrons. The molecule has 0 spiro atoms. The van der Waals surface area contributed by atoms with Gasteiger partial charge in [0.25, 0.3) is 0 Å². The summed E-state index contributed by atoms with van der Waals surface area (Å²) in [6.07, 6.45) is 0. The molecule has 105 valence electrons. The van der Waals surface area contributed by atoms with E-state index < -0.39 is 0 Å². The van der Waals surface area contributed by atoms with E-state index in [9.17, 15) is 0 Å². The van der Waals surface area contributed by atoms with Crippen LogP contribution < -0.4 is 4.74 Å². The second-order valence-corrected chi connectivity index (χ2v) is 6.13. The van der Waals surface area contributed by atoms with Gasteiger partial charge in [-0.15, -0.1) is 0 Å². The first-order chi connectivity index (χ1) is 9.35. The van der Waals surface area contributed by atoms with E-state index in [2.05, 4.69) is 34.6 Å². The van der Waals surface area contributed by atoms with Gasteiger partial charge in [0, 0.05) is 5.41 Å². The number of hydrogen-bond donors (Lipinski definition) is 0. The first-order valence-corrected chi connectivity index (χ1v) is 9.99. The van der Waals surface area contributed by atoms with Gasteiger partial charge in [0.05, 0.1) is 10.6 Å². The summed E-state index contributed by atoms with van der Waals surface area (Å²) < 4.78 is 5.61. The molecule has 0 unspecified atom stereocenters. The van der Waals surface area contributed by atoms with Crippen molar-refractivity contribution < 1.29 is 28.3 Å². The molecule has 3 rings (SSSR count). The third-order valence-corrected chi connectivity index (χ3v) is 4.89. The fourth-order valence-corrected chi connectivity index (χ4v) is 3.31. The molecule has 1 heterocycles. The molecule has 2 aliphatic rings. The number of fused-ring (bicyclic) bond motifs is 2. The van der Waals surface area contributed by atoms with Crippen molar-refractivity contribution in [2.75, 3.05) is 0 Å². The average Bonchev–Trinajstić information content (AvgIpc) is 2.56. The molecule has 1 aromatic carbocycles. The Morgan fingerprint density at radius 2 is 1.65 bits per heavy atom. The van der Waals surface area contributed by atoms with E-state index in [0.717, 1.165) is 35.0 Å². The van der Waals surface area contributed by atoms with Crippen LogP contribution in [0.1, 0.15) is 40.2 Å². The number of allylic oxidation sites excluding steroid dienone is 4. The number of benzene rings is 1. The van der Waals surface area contributed by atoms with Crippen molar-refractivity contribution in [1.29, 1.82) is 0 Å². The van der Waals surface area contributed by atoms with E-state index in [0.29, 0.717) is 5.02 Å². The minimum atomic E-state index is 0.0616. The van der Waals surface area contributed by atoms with Gasteiger partial charge in [0.1, 0.15) is 5.75 Å². The summed E-state index contributed by atoms with van der Waals surface area (Å²) in [5, 5.41) is 0.707. The van der Waals surface area contributed by atoms with Crippen LogP contribution in [0.2, 0.25) is 5.02 Å². The van der Waals surface area contributed by atoms with Crippen molar-refractivity contribution in [3.63, 3.8) is 0 Å². The Kier molecular flexibility index (Phi) is 4.60. The minimum absolute atomic E-state index is 0.0616. The van der Waals surface area contributed by atoms with Gasteiger partial charge < -0.3 is 4.74 Å². The Hall–Kier alpha value is -0.0369. The van der Waals surface area contributed by atoms with Gasteiger partial charge in [-0.3, -0.25) is 0 Å². The zero-order valence-corrected chi connectivity index (χ0v) is 16.3. The molecule has 2 bridgehead atoms. The Morgan fingerprint density at radius 3 is 2.05 bits per heavy atom. The maximum atomic E-state index is 6.19. The van der Waals surface area contributed by atoms with Crippen molar-refractivity contribution >= 4 is 25.7 Å². The molecular formula is C16H17Cl2OZr. The topological polar surface area (TPSA) is 9.23 Å². The number of ether oxygens (including phenoxy) is 1. The van der Waals surface area contributed by atoms with Crippen LogP contribution in [0.5, 0.6) is 11.5 Å². The Balaban J connectivity index is 0.000000704. The fraction of sp³-hybridized carbons (Fsp3) is 0.375. The van der Waals surface area contributed by atoms with E-state index in [4.69, 9.17) is 24.9 Å². The van der Waals surface area contributed by atoms with Crippen LogP contribution in [0.4, 0.5) is 0 Å². The standard InChI is InChI=1S/C16H17ClO.ClH.Zr/c1-8-9(2)14(16(4,5)10(8)3)13-12-7-6-11(17)15(13)18-12;;/h6-7H,1-5H3;1H;/q;;+1/p-1. The summed E-state index contributed by atoms with van der Waals surface area (Å²) in [5.74, 6) is 1.80. The van der Waals surface area contributed by atoms with Crippen LogP contribution in [-0.4, -0.2) is 0 Å². The molecule has 0 saturated carbocycles. The average molecular weight is 387 g/mol. The molecule has 0 amide bonds.